The highest BCUT2D eigenvalue weighted by Gasteiger charge is 2.15. The van der Waals surface area contributed by atoms with Crippen LogP contribution in [0.3, 0.4) is 0 Å². The molecule has 1 amide bonds. The summed E-state index contributed by atoms with van der Waals surface area (Å²) in [5.41, 5.74) is 2.24. The van der Waals surface area contributed by atoms with Crippen molar-refractivity contribution in [3.63, 3.8) is 0 Å². The average molecular weight is 385 g/mol. The third kappa shape index (κ3) is 3.02. The molecule has 0 saturated heterocycles. The van der Waals surface area contributed by atoms with Crippen molar-refractivity contribution in [1.82, 2.24) is 14.6 Å². The number of nitrogens with one attached hydrogen (secondary N) is 1. The molecular formula is C18H13ClN4O2S. The number of carbonyl (C=O) groups is 1. The van der Waals surface area contributed by atoms with Gasteiger partial charge in [-0.3, -0.25) is 10.1 Å². The number of halogens is 1. The topological polar surface area (TPSA) is 68.5 Å². The molecular weight excluding hydrogens is 372 g/mol. The van der Waals surface area contributed by atoms with Crippen LogP contribution in [0, 0.1) is 0 Å². The second-order valence-electron chi connectivity index (χ2n) is 5.41. The smallest absolute Gasteiger partial charge is 0.259 e. The molecule has 0 aliphatic heterocycles. The summed E-state index contributed by atoms with van der Waals surface area (Å²) in [5.74, 6) is 0.669. The third-order valence-electron chi connectivity index (χ3n) is 3.81. The van der Waals surface area contributed by atoms with Crippen molar-refractivity contribution in [2.24, 2.45) is 0 Å². The number of methoxy groups -OCH3 is 1. The summed E-state index contributed by atoms with van der Waals surface area (Å²) < 4.78 is 6.89. The predicted octanol–water partition coefficient (Wildman–Crippen LogP) is 4.37. The lowest BCUT2D eigenvalue weighted by atomic mass is 10.2. The number of anilines is 1. The van der Waals surface area contributed by atoms with Crippen molar-refractivity contribution < 1.29 is 9.53 Å². The number of aromatic nitrogens is 3. The molecule has 0 unspecified atom stereocenters. The van der Waals surface area contributed by atoms with Crippen molar-refractivity contribution in [2.45, 2.75) is 0 Å². The van der Waals surface area contributed by atoms with Crippen molar-refractivity contribution in [3.05, 3.63) is 64.5 Å². The van der Waals surface area contributed by atoms with E-state index in [0.717, 1.165) is 17.0 Å². The third-order valence-corrected chi connectivity index (χ3v) is 4.96. The minimum Gasteiger partial charge on any atom is -0.497 e. The SMILES string of the molecule is COc1ccc(-c2csc3nc(NC(=O)c4ccccc4Cl)nn23)cc1. The Balaban J connectivity index is 1.63. The van der Waals surface area contributed by atoms with Crippen LogP contribution in [0.4, 0.5) is 5.95 Å². The molecule has 1 N–H and O–H groups in total. The Morgan fingerprint density at radius 1 is 1.19 bits per heavy atom. The monoisotopic (exact) mass is 384 g/mol. The van der Waals surface area contributed by atoms with Gasteiger partial charge in [0.1, 0.15) is 5.75 Å². The van der Waals surface area contributed by atoms with Gasteiger partial charge in [0.25, 0.3) is 11.9 Å². The lowest BCUT2D eigenvalue weighted by Crippen LogP contribution is -2.13. The van der Waals surface area contributed by atoms with E-state index in [2.05, 4.69) is 15.4 Å². The van der Waals surface area contributed by atoms with Crippen LogP contribution in [0.5, 0.6) is 5.75 Å². The number of ether oxygens (including phenoxy) is 1. The number of benzene rings is 2. The molecule has 8 heteroatoms. The van der Waals surface area contributed by atoms with Crippen LogP contribution in [0.25, 0.3) is 16.2 Å². The van der Waals surface area contributed by atoms with E-state index in [9.17, 15) is 4.79 Å². The molecule has 2 heterocycles. The zero-order valence-corrected chi connectivity index (χ0v) is 15.2. The van der Waals surface area contributed by atoms with Gasteiger partial charge in [0.2, 0.25) is 4.96 Å². The summed E-state index contributed by atoms with van der Waals surface area (Å²) in [6.45, 7) is 0. The van der Waals surface area contributed by atoms with Gasteiger partial charge in [-0.05, 0) is 36.4 Å². The summed E-state index contributed by atoms with van der Waals surface area (Å²) in [4.78, 5) is 17.4. The Bertz CT molecular complexity index is 1090. The molecule has 0 aliphatic carbocycles. The first-order valence-corrected chi connectivity index (χ1v) is 8.96. The predicted molar refractivity (Wildman–Crippen MR) is 102 cm³/mol. The van der Waals surface area contributed by atoms with Crippen molar-refractivity contribution >= 4 is 39.8 Å². The molecule has 2 aromatic heterocycles. The van der Waals surface area contributed by atoms with E-state index in [4.69, 9.17) is 16.3 Å². The van der Waals surface area contributed by atoms with E-state index < -0.39 is 0 Å². The number of rotatable bonds is 4. The van der Waals surface area contributed by atoms with E-state index in [0.29, 0.717) is 15.5 Å². The standard InChI is InChI=1S/C18H13ClN4O2S/c1-25-12-8-6-11(7-9-12)15-10-26-18-21-17(22-23(15)18)20-16(24)13-4-2-3-5-14(13)19/h2-10H,1H3,(H,20,22,24). The molecule has 0 aliphatic rings. The van der Waals surface area contributed by atoms with Crippen LogP contribution >= 0.6 is 22.9 Å². The fourth-order valence-electron chi connectivity index (χ4n) is 2.51. The number of carbonyl (C=O) groups excluding carboxylic acids is 1. The van der Waals surface area contributed by atoms with Gasteiger partial charge in [0, 0.05) is 10.9 Å². The van der Waals surface area contributed by atoms with Gasteiger partial charge in [-0.1, -0.05) is 23.7 Å². The Hall–Kier alpha value is -2.90. The van der Waals surface area contributed by atoms with Gasteiger partial charge in [-0.25, -0.2) is 4.52 Å². The van der Waals surface area contributed by atoms with E-state index in [1.165, 1.54) is 11.3 Å². The van der Waals surface area contributed by atoms with Crippen LogP contribution < -0.4 is 10.1 Å². The minimum absolute atomic E-state index is 0.233. The first-order chi connectivity index (χ1) is 12.7. The van der Waals surface area contributed by atoms with Crippen molar-refractivity contribution in [1.29, 1.82) is 0 Å². The number of fused-ring (bicyclic) bond motifs is 1. The Morgan fingerprint density at radius 2 is 1.96 bits per heavy atom. The molecule has 6 nitrogen and oxygen atoms in total. The largest absolute Gasteiger partial charge is 0.497 e. The van der Waals surface area contributed by atoms with Crippen LogP contribution in [-0.4, -0.2) is 27.6 Å². The lowest BCUT2D eigenvalue weighted by molar-refractivity contribution is 0.102. The van der Waals surface area contributed by atoms with Gasteiger partial charge in [0.15, 0.2) is 0 Å². The highest BCUT2D eigenvalue weighted by molar-refractivity contribution is 7.15. The van der Waals surface area contributed by atoms with E-state index >= 15 is 0 Å². The number of thiazole rings is 1. The van der Waals surface area contributed by atoms with E-state index in [1.54, 1.807) is 35.9 Å². The molecule has 0 fully saturated rings. The van der Waals surface area contributed by atoms with Gasteiger partial charge in [-0.15, -0.1) is 16.4 Å². The van der Waals surface area contributed by atoms with Crippen molar-refractivity contribution in [2.75, 3.05) is 12.4 Å². The summed E-state index contributed by atoms with van der Waals surface area (Å²) in [6.07, 6.45) is 0. The number of amides is 1. The molecule has 0 bridgehead atoms. The van der Waals surface area contributed by atoms with Gasteiger partial charge >= 0.3 is 0 Å². The maximum atomic E-state index is 12.4. The molecule has 0 spiro atoms. The molecule has 130 valence electrons. The average Bonchev–Trinajstić information content (AvgIpc) is 3.22. The molecule has 4 rings (SSSR count). The lowest BCUT2D eigenvalue weighted by Gasteiger charge is -2.03. The maximum Gasteiger partial charge on any atom is 0.259 e. The Morgan fingerprint density at radius 3 is 2.69 bits per heavy atom. The van der Waals surface area contributed by atoms with Gasteiger partial charge in [0.05, 0.1) is 23.4 Å². The quantitative estimate of drug-likeness (QED) is 0.567. The van der Waals surface area contributed by atoms with Gasteiger partial charge in [-0.2, -0.15) is 4.98 Å². The zero-order valence-electron chi connectivity index (χ0n) is 13.6. The van der Waals surface area contributed by atoms with Gasteiger partial charge < -0.3 is 4.74 Å². The fraction of sp³-hybridized carbons (Fsp3) is 0.0556. The van der Waals surface area contributed by atoms with E-state index in [-0.39, 0.29) is 11.9 Å². The summed E-state index contributed by atoms with van der Waals surface area (Å²) >= 11 is 7.50. The Kier molecular flexibility index (Phi) is 4.32. The Labute approximate surface area is 158 Å². The van der Waals surface area contributed by atoms with Crippen LogP contribution in [-0.2, 0) is 0 Å². The molecule has 0 saturated carbocycles. The molecule has 0 atom stereocenters. The summed E-state index contributed by atoms with van der Waals surface area (Å²) in [5, 5.41) is 9.44. The second-order valence-corrected chi connectivity index (χ2v) is 6.66. The molecule has 26 heavy (non-hydrogen) atoms. The highest BCUT2D eigenvalue weighted by Crippen LogP contribution is 2.27. The maximum absolute atomic E-state index is 12.4. The van der Waals surface area contributed by atoms with Crippen LogP contribution in [0.1, 0.15) is 10.4 Å². The number of nitrogens with zero attached hydrogens (tertiary/aromatic N) is 3. The normalized spacial score (nSPS) is 10.8. The van der Waals surface area contributed by atoms with E-state index in [1.807, 2.05) is 29.6 Å². The fourth-order valence-corrected chi connectivity index (χ4v) is 3.56. The summed E-state index contributed by atoms with van der Waals surface area (Å²) in [7, 11) is 1.63. The van der Waals surface area contributed by atoms with Crippen LogP contribution in [0.2, 0.25) is 5.02 Å². The van der Waals surface area contributed by atoms with Crippen LogP contribution in [0.15, 0.2) is 53.9 Å². The minimum atomic E-state index is -0.347. The van der Waals surface area contributed by atoms with Crippen molar-refractivity contribution in [3.8, 4) is 17.0 Å². The first-order valence-electron chi connectivity index (χ1n) is 7.70. The molecule has 2 aromatic carbocycles. The zero-order chi connectivity index (χ0) is 18.1. The first kappa shape index (κ1) is 16.6. The molecule has 0 radical (unpaired) electrons. The highest BCUT2D eigenvalue weighted by atomic mass is 35.5. The second kappa shape index (κ2) is 6.78. The number of hydrogen-bond donors (Lipinski definition) is 1. The number of hydrogen-bond acceptors (Lipinski definition) is 5. The summed E-state index contributed by atoms with van der Waals surface area (Å²) in [6, 6.07) is 14.5. The molecule has 4 aromatic rings.